The number of benzene rings is 1. The van der Waals surface area contributed by atoms with Crippen LogP contribution in [0.15, 0.2) is 24.3 Å². The number of halogens is 3. The maximum atomic E-state index is 12.7. The summed E-state index contributed by atoms with van der Waals surface area (Å²) in [5, 5.41) is 2.45. The second-order valence-corrected chi connectivity index (χ2v) is 4.85. The molecule has 1 aromatic heterocycles. The van der Waals surface area contributed by atoms with Gasteiger partial charge in [-0.15, -0.1) is 0 Å². The van der Waals surface area contributed by atoms with Crippen molar-refractivity contribution >= 4 is 11.6 Å². The van der Waals surface area contributed by atoms with E-state index in [0.717, 1.165) is 12.1 Å². The zero-order valence-corrected chi connectivity index (χ0v) is 12.2. The van der Waals surface area contributed by atoms with Crippen molar-refractivity contribution in [1.82, 2.24) is 9.97 Å². The van der Waals surface area contributed by atoms with Gasteiger partial charge in [-0.05, 0) is 39.0 Å². The summed E-state index contributed by atoms with van der Waals surface area (Å²) >= 11 is 0. The normalized spacial score (nSPS) is 11.4. The number of aryl methyl sites for hydroxylation is 3. The zero-order chi connectivity index (χ0) is 16.5. The second-order valence-electron chi connectivity index (χ2n) is 4.85. The van der Waals surface area contributed by atoms with Gasteiger partial charge in [0.25, 0.3) is 5.91 Å². The van der Waals surface area contributed by atoms with Gasteiger partial charge in [0.2, 0.25) is 0 Å². The van der Waals surface area contributed by atoms with Crippen LogP contribution < -0.4 is 5.32 Å². The minimum Gasteiger partial charge on any atom is -0.322 e. The molecule has 0 aliphatic heterocycles. The van der Waals surface area contributed by atoms with Crippen molar-refractivity contribution < 1.29 is 18.0 Å². The maximum Gasteiger partial charge on any atom is 0.416 e. The van der Waals surface area contributed by atoms with Gasteiger partial charge in [-0.3, -0.25) is 4.79 Å². The molecule has 0 saturated heterocycles. The molecule has 0 saturated carbocycles. The minimum absolute atomic E-state index is 0.0687. The Hall–Kier alpha value is -2.44. The average molecular weight is 309 g/mol. The molecule has 0 spiro atoms. The summed E-state index contributed by atoms with van der Waals surface area (Å²) < 4.78 is 38.0. The summed E-state index contributed by atoms with van der Waals surface area (Å²) in [5.74, 6) is -0.0000525. The molecule has 1 N–H and O–H groups in total. The fourth-order valence-corrected chi connectivity index (χ4v) is 2.18. The van der Waals surface area contributed by atoms with Crippen LogP contribution in [0.1, 0.15) is 33.1 Å². The lowest BCUT2D eigenvalue weighted by Crippen LogP contribution is -2.18. The molecule has 2 rings (SSSR count). The number of carbonyl (C=O) groups is 1. The van der Waals surface area contributed by atoms with Gasteiger partial charge in [0.15, 0.2) is 0 Å². The van der Waals surface area contributed by atoms with Crippen LogP contribution in [0.5, 0.6) is 0 Å². The SMILES string of the molecule is Cc1nc(C)c(C(=O)Nc2cccc(C(F)(F)F)c2)c(C)n1. The Labute approximate surface area is 125 Å². The van der Waals surface area contributed by atoms with Crippen molar-refractivity contribution in [2.45, 2.75) is 26.9 Å². The molecule has 0 aliphatic rings. The number of nitrogens with zero attached hydrogens (tertiary/aromatic N) is 2. The Morgan fingerprint density at radius 3 is 2.23 bits per heavy atom. The van der Waals surface area contributed by atoms with Gasteiger partial charge in [0.05, 0.1) is 22.5 Å². The van der Waals surface area contributed by atoms with Crippen molar-refractivity contribution in [1.29, 1.82) is 0 Å². The van der Waals surface area contributed by atoms with Crippen LogP contribution in [-0.4, -0.2) is 15.9 Å². The van der Waals surface area contributed by atoms with E-state index in [1.54, 1.807) is 20.8 Å². The molecule has 0 radical (unpaired) electrons. The monoisotopic (exact) mass is 309 g/mol. The summed E-state index contributed by atoms with van der Waals surface area (Å²) in [6, 6.07) is 4.47. The van der Waals surface area contributed by atoms with Gasteiger partial charge in [0, 0.05) is 5.69 Å². The highest BCUT2D eigenvalue weighted by molar-refractivity contribution is 6.05. The van der Waals surface area contributed by atoms with Crippen LogP contribution in [0, 0.1) is 20.8 Å². The van der Waals surface area contributed by atoms with E-state index in [2.05, 4.69) is 15.3 Å². The molecule has 4 nitrogen and oxygen atoms in total. The molecule has 0 unspecified atom stereocenters. The molecule has 22 heavy (non-hydrogen) atoms. The molecule has 1 heterocycles. The highest BCUT2D eigenvalue weighted by Gasteiger charge is 2.30. The van der Waals surface area contributed by atoms with Gasteiger partial charge in [-0.25, -0.2) is 9.97 Å². The van der Waals surface area contributed by atoms with Gasteiger partial charge < -0.3 is 5.32 Å². The van der Waals surface area contributed by atoms with Crippen LogP contribution in [0.4, 0.5) is 18.9 Å². The molecule has 7 heteroatoms. The Morgan fingerprint density at radius 2 is 1.68 bits per heavy atom. The first-order valence-corrected chi connectivity index (χ1v) is 6.49. The molecule has 0 aliphatic carbocycles. The number of alkyl halides is 3. The first-order chi connectivity index (χ1) is 10.2. The standard InChI is InChI=1S/C15H14F3N3O/c1-8-13(9(2)20-10(3)19-8)14(22)21-12-6-4-5-11(7-12)15(16,17)18/h4-7H,1-3H3,(H,21,22). The molecule has 1 aromatic carbocycles. The van der Waals surface area contributed by atoms with E-state index in [-0.39, 0.29) is 11.3 Å². The van der Waals surface area contributed by atoms with E-state index in [1.807, 2.05) is 0 Å². The van der Waals surface area contributed by atoms with E-state index >= 15 is 0 Å². The van der Waals surface area contributed by atoms with Crippen molar-refractivity contribution in [2.75, 3.05) is 5.32 Å². The molecule has 0 bridgehead atoms. The summed E-state index contributed by atoms with van der Waals surface area (Å²) in [6.45, 7) is 5.01. The van der Waals surface area contributed by atoms with Crippen LogP contribution in [0.3, 0.4) is 0 Å². The van der Waals surface area contributed by atoms with Crippen molar-refractivity contribution in [3.8, 4) is 0 Å². The lowest BCUT2D eigenvalue weighted by Gasteiger charge is -2.12. The Bertz CT molecular complexity index is 703. The predicted molar refractivity (Wildman–Crippen MR) is 75.6 cm³/mol. The number of amides is 1. The van der Waals surface area contributed by atoms with Crippen molar-refractivity contribution in [3.05, 3.63) is 52.6 Å². The zero-order valence-electron chi connectivity index (χ0n) is 12.2. The molecule has 116 valence electrons. The van der Waals surface area contributed by atoms with Gasteiger partial charge in [-0.2, -0.15) is 13.2 Å². The topological polar surface area (TPSA) is 54.9 Å². The second kappa shape index (κ2) is 5.75. The number of carbonyl (C=O) groups excluding carboxylic acids is 1. The fraction of sp³-hybridized carbons (Fsp3) is 0.267. The van der Waals surface area contributed by atoms with Crippen LogP contribution in [0.2, 0.25) is 0 Å². The third-order valence-electron chi connectivity index (χ3n) is 3.06. The molecule has 1 amide bonds. The molecular weight excluding hydrogens is 295 g/mol. The van der Waals surface area contributed by atoms with Crippen LogP contribution in [-0.2, 0) is 6.18 Å². The average Bonchev–Trinajstić information content (AvgIpc) is 2.36. The van der Waals surface area contributed by atoms with Gasteiger partial charge in [0.1, 0.15) is 5.82 Å². The Kier molecular flexibility index (Phi) is 4.16. The Balaban J connectivity index is 2.30. The fourth-order valence-electron chi connectivity index (χ4n) is 2.18. The lowest BCUT2D eigenvalue weighted by atomic mass is 10.1. The van der Waals surface area contributed by atoms with E-state index in [9.17, 15) is 18.0 Å². The first-order valence-electron chi connectivity index (χ1n) is 6.49. The van der Waals surface area contributed by atoms with Crippen LogP contribution in [0.25, 0.3) is 0 Å². The van der Waals surface area contributed by atoms with Crippen LogP contribution >= 0.6 is 0 Å². The lowest BCUT2D eigenvalue weighted by molar-refractivity contribution is -0.137. The first kappa shape index (κ1) is 15.9. The molecule has 0 fully saturated rings. The van der Waals surface area contributed by atoms with Crippen molar-refractivity contribution in [2.24, 2.45) is 0 Å². The van der Waals surface area contributed by atoms with Crippen molar-refractivity contribution in [3.63, 3.8) is 0 Å². The van der Waals surface area contributed by atoms with E-state index in [0.29, 0.717) is 17.2 Å². The largest absolute Gasteiger partial charge is 0.416 e. The molecular formula is C15H14F3N3O. The van der Waals surface area contributed by atoms with E-state index in [1.165, 1.54) is 12.1 Å². The maximum absolute atomic E-state index is 12.7. The summed E-state index contributed by atoms with van der Waals surface area (Å²) in [6.07, 6.45) is -4.46. The minimum atomic E-state index is -4.46. The van der Waals surface area contributed by atoms with E-state index < -0.39 is 17.6 Å². The quantitative estimate of drug-likeness (QED) is 0.921. The Morgan fingerprint density at radius 1 is 1.09 bits per heavy atom. The third kappa shape index (κ3) is 3.41. The predicted octanol–water partition coefficient (Wildman–Crippen LogP) is 3.67. The smallest absolute Gasteiger partial charge is 0.322 e. The third-order valence-corrected chi connectivity index (χ3v) is 3.06. The summed E-state index contributed by atoms with van der Waals surface area (Å²) in [4.78, 5) is 20.5. The van der Waals surface area contributed by atoms with E-state index in [4.69, 9.17) is 0 Å². The molecule has 0 atom stereocenters. The summed E-state index contributed by atoms with van der Waals surface area (Å²) in [7, 11) is 0. The number of aromatic nitrogens is 2. The van der Waals surface area contributed by atoms with Gasteiger partial charge >= 0.3 is 6.18 Å². The number of hydrogen-bond acceptors (Lipinski definition) is 3. The number of anilines is 1. The molecule has 2 aromatic rings. The summed E-state index contributed by atoms with van der Waals surface area (Å²) in [5.41, 5.74) is 0.477. The van der Waals surface area contributed by atoms with Gasteiger partial charge in [-0.1, -0.05) is 6.07 Å². The number of hydrogen-bond donors (Lipinski definition) is 1. The highest BCUT2D eigenvalue weighted by Crippen LogP contribution is 2.30. The highest BCUT2D eigenvalue weighted by atomic mass is 19.4. The number of nitrogens with one attached hydrogen (secondary N) is 1. The number of rotatable bonds is 2.